The predicted octanol–water partition coefficient (Wildman–Crippen LogP) is 6.62. The summed E-state index contributed by atoms with van der Waals surface area (Å²) in [4.78, 5) is 14.2. The van der Waals surface area contributed by atoms with Crippen molar-refractivity contribution in [1.82, 2.24) is 4.98 Å². The van der Waals surface area contributed by atoms with Crippen LogP contribution in [0.5, 0.6) is 11.6 Å². The van der Waals surface area contributed by atoms with Crippen LogP contribution in [0.3, 0.4) is 0 Å². The molecule has 0 amide bonds. The van der Waals surface area contributed by atoms with Crippen LogP contribution in [-0.2, 0) is 0 Å². The summed E-state index contributed by atoms with van der Waals surface area (Å²) in [7, 11) is 0. The van der Waals surface area contributed by atoms with Crippen LogP contribution in [0.2, 0.25) is 0 Å². The minimum Gasteiger partial charge on any atom is -0.505 e. The lowest BCUT2D eigenvalue weighted by molar-refractivity contribution is 0.0697. The molecule has 5 aromatic rings. The van der Waals surface area contributed by atoms with Crippen molar-refractivity contribution in [3.63, 3.8) is 0 Å². The highest BCUT2D eigenvalue weighted by Crippen LogP contribution is 2.41. The first-order chi connectivity index (χ1) is 16.0. The molecule has 4 N–H and O–H groups in total. The zero-order valence-corrected chi connectivity index (χ0v) is 17.1. The number of azo groups is 1. The van der Waals surface area contributed by atoms with E-state index in [4.69, 9.17) is 4.42 Å². The first-order valence-electron chi connectivity index (χ1n) is 9.96. The van der Waals surface area contributed by atoms with Gasteiger partial charge in [-0.1, -0.05) is 30.3 Å². The van der Waals surface area contributed by atoms with E-state index in [0.717, 1.165) is 11.1 Å². The number of benzene rings is 3. The Hall–Kier alpha value is -4.85. The van der Waals surface area contributed by atoms with E-state index in [1.165, 1.54) is 12.1 Å². The Morgan fingerprint density at radius 1 is 0.879 bits per heavy atom. The van der Waals surface area contributed by atoms with Crippen molar-refractivity contribution < 1.29 is 24.5 Å². The Labute approximate surface area is 187 Å². The Morgan fingerprint density at radius 2 is 1.73 bits per heavy atom. The molecule has 8 nitrogen and oxygen atoms in total. The number of phenolic OH excluding ortho intramolecular Hbond substituents is 1. The second-order valence-corrected chi connectivity index (χ2v) is 7.35. The highest BCUT2D eigenvalue weighted by molar-refractivity contribution is 5.96. The van der Waals surface area contributed by atoms with E-state index in [2.05, 4.69) is 15.2 Å². The lowest BCUT2D eigenvalue weighted by Gasteiger charge is -2.07. The minimum atomic E-state index is -1.06. The Kier molecular flexibility index (Phi) is 4.87. The number of phenols is 1. The normalized spacial score (nSPS) is 11.4. The average Bonchev–Trinajstić information content (AvgIpc) is 3.46. The number of hydrogen-bond donors (Lipinski definition) is 4. The number of aromatic amines is 1. The van der Waals surface area contributed by atoms with Gasteiger partial charge in [-0.05, 0) is 47.5 Å². The lowest BCUT2D eigenvalue weighted by atomic mass is 10.0. The third-order valence-corrected chi connectivity index (χ3v) is 5.30. The summed E-state index contributed by atoms with van der Waals surface area (Å²) in [5.41, 5.74) is 3.96. The fourth-order valence-electron chi connectivity index (χ4n) is 3.65. The van der Waals surface area contributed by atoms with Crippen molar-refractivity contribution in [3.05, 3.63) is 84.8 Å². The molecule has 33 heavy (non-hydrogen) atoms. The fourth-order valence-corrected chi connectivity index (χ4v) is 3.65. The molecule has 162 valence electrons. The first kappa shape index (κ1) is 20.1. The van der Waals surface area contributed by atoms with E-state index in [9.17, 15) is 20.1 Å². The second kappa shape index (κ2) is 8.01. The monoisotopic (exact) mass is 439 g/mol. The number of nitrogens with zero attached hydrogens (tertiary/aromatic N) is 2. The minimum absolute atomic E-state index is 0.109. The van der Waals surface area contributed by atoms with E-state index < -0.39 is 5.97 Å². The molecule has 0 radical (unpaired) electrons. The molecule has 0 aliphatic carbocycles. The van der Waals surface area contributed by atoms with Crippen LogP contribution in [0.1, 0.15) is 10.4 Å². The van der Waals surface area contributed by atoms with E-state index in [-0.39, 0.29) is 28.6 Å². The van der Waals surface area contributed by atoms with Gasteiger partial charge in [0.1, 0.15) is 5.69 Å². The highest BCUT2D eigenvalue weighted by Gasteiger charge is 2.14. The van der Waals surface area contributed by atoms with Crippen molar-refractivity contribution in [1.29, 1.82) is 0 Å². The number of nitrogens with one attached hydrogen (secondary N) is 1. The number of carboxylic acids is 1. The quantitative estimate of drug-likeness (QED) is 0.229. The molecule has 2 heterocycles. The number of fused-ring (bicyclic) bond motifs is 1. The van der Waals surface area contributed by atoms with Gasteiger partial charge in [0.15, 0.2) is 11.4 Å². The topological polar surface area (TPSA) is 131 Å². The zero-order chi connectivity index (χ0) is 22.9. The third kappa shape index (κ3) is 3.70. The molecule has 0 saturated carbocycles. The van der Waals surface area contributed by atoms with Gasteiger partial charge >= 0.3 is 5.97 Å². The molecule has 0 unspecified atom stereocenters. The van der Waals surface area contributed by atoms with Crippen molar-refractivity contribution in [2.45, 2.75) is 0 Å². The van der Waals surface area contributed by atoms with Crippen LogP contribution in [-0.4, -0.2) is 26.3 Å². The molecule has 0 atom stereocenters. The summed E-state index contributed by atoms with van der Waals surface area (Å²) in [6.07, 6.45) is 3.22. The molecular weight excluding hydrogens is 422 g/mol. The number of furan rings is 1. The van der Waals surface area contributed by atoms with E-state index in [1.54, 1.807) is 42.9 Å². The molecule has 0 saturated heterocycles. The maximum Gasteiger partial charge on any atom is 0.335 e. The van der Waals surface area contributed by atoms with Gasteiger partial charge in [-0.25, -0.2) is 4.79 Å². The van der Waals surface area contributed by atoms with Crippen LogP contribution in [0.4, 0.5) is 11.4 Å². The van der Waals surface area contributed by atoms with Gasteiger partial charge in [-0.2, -0.15) is 0 Å². The Balaban J connectivity index is 1.51. The van der Waals surface area contributed by atoms with Crippen molar-refractivity contribution in [2.24, 2.45) is 10.2 Å². The van der Waals surface area contributed by atoms with Gasteiger partial charge in [0.05, 0.1) is 23.6 Å². The van der Waals surface area contributed by atoms with Gasteiger partial charge in [0.25, 0.3) is 0 Å². The summed E-state index contributed by atoms with van der Waals surface area (Å²) < 4.78 is 5.12. The molecular formula is C25H17N3O5. The molecule has 2 aromatic heterocycles. The van der Waals surface area contributed by atoms with E-state index in [0.29, 0.717) is 22.0 Å². The van der Waals surface area contributed by atoms with E-state index >= 15 is 0 Å². The number of aromatic nitrogens is 1. The summed E-state index contributed by atoms with van der Waals surface area (Å²) in [6, 6.07) is 18.6. The Morgan fingerprint density at radius 3 is 2.52 bits per heavy atom. The number of carboxylic acid groups (broad SMARTS) is 1. The molecule has 0 aliphatic rings. The molecule has 8 heteroatoms. The van der Waals surface area contributed by atoms with Crippen LogP contribution >= 0.6 is 0 Å². The van der Waals surface area contributed by atoms with Crippen LogP contribution in [0.15, 0.2) is 93.9 Å². The summed E-state index contributed by atoms with van der Waals surface area (Å²) in [6.45, 7) is 0. The SMILES string of the molecule is O=C(O)c1cccc(-c2cccc(N=Nc3c(O)[nH]c4cc(-c5ccoc5)ccc34)c2O)c1. The van der Waals surface area contributed by atoms with Gasteiger partial charge in [0.2, 0.25) is 5.88 Å². The van der Waals surface area contributed by atoms with Crippen LogP contribution in [0, 0.1) is 0 Å². The fraction of sp³-hybridized carbons (Fsp3) is 0. The number of carbonyl (C=O) groups is 1. The Bertz CT molecular complexity index is 1520. The summed E-state index contributed by atoms with van der Waals surface area (Å²) in [5.74, 6) is -1.36. The van der Waals surface area contributed by atoms with Crippen molar-refractivity contribution in [3.8, 4) is 33.9 Å². The number of H-pyrrole nitrogens is 1. The first-order valence-corrected chi connectivity index (χ1v) is 9.96. The second-order valence-electron chi connectivity index (χ2n) is 7.35. The molecule has 0 bridgehead atoms. The molecule has 0 fully saturated rings. The van der Waals surface area contributed by atoms with Crippen LogP contribution < -0.4 is 0 Å². The standard InChI is InChI=1S/C25H17N3O5/c29-23-18(15-3-1-4-16(11-15)25(31)32)5-2-6-20(23)27-28-22-19-8-7-14(17-9-10-33-13-17)12-21(19)26-24(22)30/h1-13,26,29-30H,(H,31,32). The zero-order valence-electron chi connectivity index (χ0n) is 17.1. The summed E-state index contributed by atoms with van der Waals surface area (Å²) in [5, 5.41) is 39.3. The predicted molar refractivity (Wildman–Crippen MR) is 122 cm³/mol. The maximum atomic E-state index is 11.3. The van der Waals surface area contributed by atoms with Gasteiger partial charge in [-0.3, -0.25) is 0 Å². The third-order valence-electron chi connectivity index (χ3n) is 5.30. The molecule has 5 rings (SSSR count). The van der Waals surface area contributed by atoms with Gasteiger partial charge in [-0.15, -0.1) is 10.2 Å². The largest absolute Gasteiger partial charge is 0.505 e. The number of rotatable bonds is 5. The number of aromatic carboxylic acids is 1. The van der Waals surface area contributed by atoms with Crippen molar-refractivity contribution >= 4 is 28.2 Å². The highest BCUT2D eigenvalue weighted by atomic mass is 16.4. The van der Waals surface area contributed by atoms with Crippen LogP contribution in [0.25, 0.3) is 33.2 Å². The van der Waals surface area contributed by atoms with E-state index in [1.807, 2.05) is 24.3 Å². The number of aromatic hydroxyl groups is 2. The number of hydrogen-bond acceptors (Lipinski definition) is 6. The smallest absolute Gasteiger partial charge is 0.335 e. The summed E-state index contributed by atoms with van der Waals surface area (Å²) >= 11 is 0. The molecule has 0 spiro atoms. The maximum absolute atomic E-state index is 11.3. The molecule has 3 aromatic carbocycles. The van der Waals surface area contributed by atoms with Gasteiger partial charge in [0, 0.05) is 16.5 Å². The average molecular weight is 439 g/mol. The van der Waals surface area contributed by atoms with Gasteiger partial charge < -0.3 is 24.7 Å². The lowest BCUT2D eigenvalue weighted by Crippen LogP contribution is -1.95. The number of para-hydroxylation sites is 1. The van der Waals surface area contributed by atoms with Crippen molar-refractivity contribution in [2.75, 3.05) is 0 Å². The molecule has 0 aliphatic heterocycles.